The molecular weight excluding hydrogens is 1810 g/mol. The zero-order valence-corrected chi connectivity index (χ0v) is 89.6. The highest BCUT2D eigenvalue weighted by atomic mass is 16.6. The van der Waals surface area contributed by atoms with Gasteiger partial charge in [0.05, 0.1) is 56.6 Å². The summed E-state index contributed by atoms with van der Waals surface area (Å²) in [7, 11) is 1.62. The third-order valence-corrected chi connectivity index (χ3v) is 33.3. The minimum Gasteiger partial charge on any atom is -0.478 e. The zero-order valence-electron chi connectivity index (χ0n) is 89.6. The summed E-state index contributed by atoms with van der Waals surface area (Å²) in [6.07, 6.45) is 46.1. The number of fused-ring (bicyclic) bond motifs is 14. The van der Waals surface area contributed by atoms with E-state index in [2.05, 4.69) is 172 Å². The highest BCUT2D eigenvalue weighted by molar-refractivity contribution is 5.96. The molecule has 0 radical (unpaired) electrons. The third kappa shape index (κ3) is 23.3. The van der Waals surface area contributed by atoms with E-state index in [0.29, 0.717) is 65.1 Å². The topological polar surface area (TPSA) is 307 Å². The molecule has 3 aliphatic heterocycles. The van der Waals surface area contributed by atoms with Crippen molar-refractivity contribution in [2.24, 2.45) is 81.6 Å². The lowest BCUT2D eigenvalue weighted by Crippen LogP contribution is -2.47. The number of benzene rings is 4. The molecule has 2 saturated carbocycles. The Labute approximate surface area is 863 Å². The number of nitrogens with zero attached hydrogens (tertiary/aromatic N) is 5. The van der Waals surface area contributed by atoms with Crippen molar-refractivity contribution in [2.75, 3.05) is 33.4 Å². The number of aryl methyl sites for hydroxylation is 6. The Hall–Kier alpha value is -11.0. The van der Waals surface area contributed by atoms with Gasteiger partial charge in [-0.25, -0.2) is 15.0 Å². The molecular formula is C125H166N8O12. The number of likely N-dealkylation sites (tertiary alicyclic amines) is 1. The number of rotatable bonds is 21. The molecule has 145 heavy (non-hydrogen) atoms. The van der Waals surface area contributed by atoms with Crippen LogP contribution in [-0.2, 0) is 61.3 Å². The van der Waals surface area contributed by atoms with Crippen LogP contribution < -0.4 is 30.4 Å². The number of aliphatic hydroxyl groups is 5. The van der Waals surface area contributed by atoms with Crippen molar-refractivity contribution < 1.29 is 58.5 Å². The predicted molar refractivity (Wildman–Crippen MR) is 587 cm³/mol. The normalized spacial score (nSPS) is 26.2. The summed E-state index contributed by atoms with van der Waals surface area (Å²) in [5.74, 6) is 13.3. The van der Waals surface area contributed by atoms with Gasteiger partial charge in [-0.1, -0.05) is 236 Å². The van der Waals surface area contributed by atoms with E-state index in [9.17, 15) is 35.1 Å². The van der Waals surface area contributed by atoms with Crippen molar-refractivity contribution in [2.45, 2.75) is 323 Å². The molecule has 8 aromatic rings. The molecule has 20 nitrogen and oxygen atoms in total. The van der Waals surface area contributed by atoms with Crippen LogP contribution in [0.3, 0.4) is 0 Å². The molecule has 778 valence electrons. The number of ether oxygens (including phenoxy) is 4. The number of hydrogen-bond donors (Lipinski definition) is 8. The number of nitrogens with one attached hydrogen (secondary N) is 1. The monoisotopic (exact) mass is 1970 g/mol. The molecule has 20 rings (SSSR count). The van der Waals surface area contributed by atoms with Gasteiger partial charge in [0.1, 0.15) is 23.3 Å². The van der Waals surface area contributed by atoms with Crippen LogP contribution >= 0.6 is 0 Å². The fraction of sp³-hybridized carbons (Fsp3) is 0.520. The summed E-state index contributed by atoms with van der Waals surface area (Å²) in [4.78, 5) is 48.3. The van der Waals surface area contributed by atoms with Gasteiger partial charge >= 0.3 is 0 Å². The molecule has 10 N–H and O–H groups in total. The van der Waals surface area contributed by atoms with E-state index in [1.54, 1.807) is 18.2 Å². The number of pyridine rings is 1. The molecule has 7 heterocycles. The van der Waals surface area contributed by atoms with Gasteiger partial charge in [-0.05, 0) is 298 Å². The van der Waals surface area contributed by atoms with Gasteiger partial charge < -0.3 is 70.2 Å². The first-order valence-electron chi connectivity index (χ1n) is 54.1. The van der Waals surface area contributed by atoms with E-state index in [-0.39, 0.29) is 82.0 Å². The number of ketones is 1. The molecule has 3 fully saturated rings. The zero-order chi connectivity index (χ0) is 103. The number of aromatic amines is 1. The Morgan fingerprint density at radius 3 is 1.99 bits per heavy atom. The molecule has 4 bridgehead atoms. The Balaban J connectivity index is 0.000000138. The summed E-state index contributed by atoms with van der Waals surface area (Å²) in [6.45, 7) is 44.2. The number of allylic oxidation sites excluding steroid dienone is 13. The van der Waals surface area contributed by atoms with Crippen molar-refractivity contribution >= 4 is 45.8 Å². The van der Waals surface area contributed by atoms with Crippen molar-refractivity contribution in [1.82, 2.24) is 24.8 Å². The number of aliphatic hydroxyl groups excluding tert-OH is 5. The van der Waals surface area contributed by atoms with Gasteiger partial charge in [-0.3, -0.25) is 14.6 Å². The quantitative estimate of drug-likeness (QED) is 0.0188. The standard InChI is InChI=1S/C23H30O.C22H25N3O2.C22H26O2.C20H35N3.C20H25NO3.C17H21NO4.CH4/c1-5-17-9-15(3)10-19-14-23-21(16(4)7-8-24)12-18(6-2)22(23)13-20(19)11-17;1-4-19-20-17(9-23-19)8-18-12(2)24-13(3)25-22(18)21(20)16-6-14(10-26)5-15(7-16)11-27;1-4-14-9-13(3)17-11-18(14)19-10-15(5-2)16(7-6-8-23)22-21(19)20(17)12-24-22;1-4-15-7-12(2)5-6-16(15)18-8-13(3)17-9-14(10-19(17)18)11-23-20(21)22;1-5-14-10-16(12(3)7-8-22)19-17(14)11-18-20(21-19)23-13(4)9-15(6-2)24-18;1-5-11-6-9(2)7-13-15(11)22-17-14(19)12(21-13)8-10(3)16(20)18(17)4;/h7,9,12-15,21,24H,5-6,8,10-11H2,1-4H3;5-7,9,21,23,26-27H,4,8,10-11H2,1-3H3;6-7,9-10,12-13,17-18,23H,4-5,8,11H2,1-3H3;5-6,12-19H,4,7-11H2,1-3H3,(H4,21,22,23);7,9-11,13,16,22H,5-6,8H2,1-4H3;6-7,10,12,17H,5,8H2,1-4H3;1H4/b16-7-;;7-6-;;12-7-;;/t15-,21+;21-;13-,17?,18?;12-,13+,14-,15-,16?,17?,18+,19?;13-,16+;10-,12-,17-;/m000000./s1. The van der Waals surface area contributed by atoms with Gasteiger partial charge in [0, 0.05) is 102 Å². The van der Waals surface area contributed by atoms with Gasteiger partial charge in [-0.15, -0.1) is 0 Å². The van der Waals surface area contributed by atoms with Gasteiger partial charge in [0.25, 0.3) is 5.88 Å². The van der Waals surface area contributed by atoms with Crippen molar-refractivity contribution in [1.29, 1.82) is 0 Å². The first-order valence-corrected chi connectivity index (χ1v) is 54.1. The smallest absolute Gasteiger partial charge is 0.258 e. The number of furan rings is 1. The number of hydrogen-bond acceptors (Lipinski definition) is 16. The van der Waals surface area contributed by atoms with E-state index in [4.69, 9.17) is 44.8 Å². The minimum absolute atomic E-state index is 0. The summed E-state index contributed by atoms with van der Waals surface area (Å²) >= 11 is 0. The highest BCUT2D eigenvalue weighted by Crippen LogP contribution is 2.59. The van der Waals surface area contributed by atoms with E-state index in [1.165, 1.54) is 127 Å². The van der Waals surface area contributed by atoms with Crippen LogP contribution in [0, 0.1) is 85.9 Å². The van der Waals surface area contributed by atoms with Gasteiger partial charge in [-0.2, -0.15) is 0 Å². The Bertz CT molecular complexity index is 6190. The molecule has 1 saturated heterocycles. The number of carbonyl (C=O) groups excluding carboxylic acids is 2. The van der Waals surface area contributed by atoms with Crippen molar-refractivity contribution in [3.63, 3.8) is 0 Å². The number of Topliss-reactive ketones (excluding diaryl/α,β-unsaturated/α-hetero) is 1. The summed E-state index contributed by atoms with van der Waals surface area (Å²) in [5, 5.41) is 48.4. The predicted octanol–water partition coefficient (Wildman–Crippen LogP) is 25.1. The summed E-state index contributed by atoms with van der Waals surface area (Å²) in [5.41, 5.74) is 45.4. The molecule has 20 heteroatoms. The highest BCUT2D eigenvalue weighted by Gasteiger charge is 2.51. The maximum atomic E-state index is 12.7. The van der Waals surface area contributed by atoms with E-state index in [1.807, 2.05) is 115 Å². The van der Waals surface area contributed by atoms with Crippen LogP contribution in [0.15, 0.2) is 165 Å². The number of nitrogens with two attached hydrogens (primary N) is 2. The second-order valence-electron chi connectivity index (χ2n) is 43.0. The SMILES string of the molecule is C.CCC1=C[C@H](C)C2CC1c1cc(CC)c(/C=C\CO)c3occ2c13.CCC1=C[C@H](C)Cc2cc3c(cc2C1)C(CC)=C[C@@H]3/C(C)=C\CO.CCC1=C[C@H](C)Oc2nc3c(cc2O1)C(CC)=C[C@@H]3/C(C)=C\CO.CC[C@H]1C[C@@H](C)C=CC1[C@H]1C[C@@H](C)C2C[C@H](CN=C(N)N)CC21.CCc1[nH]cc2c1[C@H](c1cc(CO)cc(CO)c1)c1nc(C)nc(C)c1C2.CCc1cc(C)cc2c1O[C@H]1C(=O)[C@H](C[C@H](C)C(=O)N1C)O2. The maximum Gasteiger partial charge on any atom is 0.258 e. The molecule has 19 atom stereocenters. The Morgan fingerprint density at radius 1 is 0.621 bits per heavy atom. The fourth-order valence-electron chi connectivity index (χ4n) is 26.0. The van der Waals surface area contributed by atoms with E-state index in [0.717, 1.165) is 197 Å². The van der Waals surface area contributed by atoms with Crippen LogP contribution in [0.2, 0.25) is 0 Å². The largest absolute Gasteiger partial charge is 0.478 e. The van der Waals surface area contributed by atoms with E-state index >= 15 is 0 Å². The van der Waals surface area contributed by atoms with E-state index < -0.39 is 12.3 Å². The van der Waals surface area contributed by atoms with Crippen LogP contribution in [0.25, 0.3) is 28.2 Å². The van der Waals surface area contributed by atoms with Crippen molar-refractivity contribution in [3.8, 4) is 23.1 Å². The first kappa shape index (κ1) is 110. The lowest BCUT2D eigenvalue weighted by Gasteiger charge is -2.38. The number of H-pyrrole nitrogens is 1. The number of aliphatic imine (C=N–C) groups is 1. The van der Waals surface area contributed by atoms with Crippen LogP contribution in [0.1, 0.15) is 355 Å². The van der Waals surface area contributed by atoms with Crippen LogP contribution in [0.5, 0.6) is 23.1 Å². The second kappa shape index (κ2) is 48.3. The lowest BCUT2D eigenvalue weighted by molar-refractivity contribution is -0.147. The van der Waals surface area contributed by atoms with Crippen LogP contribution in [0.4, 0.5) is 0 Å². The number of carbonyl (C=O) groups is 2. The lowest BCUT2D eigenvalue weighted by atomic mass is 9.65. The average Bonchev–Trinajstić information content (AvgIpc) is 1.53. The molecule has 4 aromatic carbocycles. The number of amides is 1. The van der Waals surface area contributed by atoms with Gasteiger partial charge in [0.2, 0.25) is 17.9 Å². The van der Waals surface area contributed by atoms with Gasteiger partial charge in [0.15, 0.2) is 29.3 Å². The third-order valence-electron chi connectivity index (χ3n) is 33.3. The first-order chi connectivity index (χ1) is 69.3. The molecule has 5 unspecified atom stereocenters. The molecule has 1 amide bonds. The Morgan fingerprint density at radius 2 is 1.33 bits per heavy atom. The number of likely N-dealkylation sites (N-methyl/N-ethyl adjacent to an activating group) is 1. The Kier molecular flexibility index (Phi) is 36.6. The maximum absolute atomic E-state index is 12.7. The minimum atomic E-state index is -0.906. The van der Waals surface area contributed by atoms with Crippen molar-refractivity contribution in [3.05, 3.63) is 279 Å². The van der Waals surface area contributed by atoms with Crippen LogP contribution in [-0.4, -0.2) is 120 Å². The summed E-state index contributed by atoms with van der Waals surface area (Å²) in [6, 6.07) is 19.2. The molecule has 4 aromatic heterocycles. The molecule has 0 spiro atoms. The fourth-order valence-corrected chi connectivity index (χ4v) is 26.0. The number of guanidine groups is 1. The average molecular weight is 1970 g/mol. The molecule has 12 aliphatic rings. The molecule has 9 aliphatic carbocycles. The summed E-state index contributed by atoms with van der Waals surface area (Å²) < 4.78 is 30.0. The number of aromatic nitrogens is 4. The second-order valence-corrected chi connectivity index (χ2v) is 43.0.